The van der Waals surface area contributed by atoms with Crippen molar-refractivity contribution in [2.75, 3.05) is 6.54 Å². The van der Waals surface area contributed by atoms with E-state index in [1.165, 1.54) is 0 Å². The Morgan fingerprint density at radius 3 is 3.00 bits per heavy atom. The highest BCUT2D eigenvalue weighted by Crippen LogP contribution is 2.31. The number of ether oxygens (including phenoxy) is 1. The Bertz CT molecular complexity index is 924. The third-order valence-corrected chi connectivity index (χ3v) is 4.88. The van der Waals surface area contributed by atoms with Crippen LogP contribution in [0.5, 0.6) is 5.75 Å². The van der Waals surface area contributed by atoms with E-state index >= 15 is 0 Å². The first-order valence-electron chi connectivity index (χ1n) is 9.42. The number of amides is 1. The number of aryl methyl sites for hydroxylation is 1. The number of carbonyl (C=O) groups is 1. The summed E-state index contributed by atoms with van der Waals surface area (Å²) in [6.07, 6.45) is 8.22. The third kappa shape index (κ3) is 4.03. The molecule has 7 heteroatoms. The van der Waals surface area contributed by atoms with Gasteiger partial charge in [-0.25, -0.2) is 0 Å². The monoisotopic (exact) mass is 378 g/mol. The van der Waals surface area contributed by atoms with E-state index in [0.717, 1.165) is 30.5 Å². The first-order chi connectivity index (χ1) is 13.7. The standard InChI is InChI=1S/C21H22N4O3/c1-15-7-8-17(13-23-15)27-14-18-11-19(24-28-18)21(26)25-10-3-2-6-20(25)16-5-4-9-22-12-16/h4-5,7-9,11-13,20H,2-3,6,10,14H2,1H3. The predicted octanol–water partition coefficient (Wildman–Crippen LogP) is 3.72. The second-order valence-electron chi connectivity index (χ2n) is 6.90. The van der Waals surface area contributed by atoms with Gasteiger partial charge in [0, 0.05) is 30.7 Å². The zero-order chi connectivity index (χ0) is 19.3. The number of piperidine rings is 1. The molecule has 1 saturated heterocycles. The highest BCUT2D eigenvalue weighted by molar-refractivity contribution is 5.92. The van der Waals surface area contributed by atoms with Crippen molar-refractivity contribution in [1.82, 2.24) is 20.0 Å². The van der Waals surface area contributed by atoms with Crippen LogP contribution in [0, 0.1) is 6.92 Å². The average Bonchev–Trinajstić information content (AvgIpc) is 3.22. The quantitative estimate of drug-likeness (QED) is 0.673. The molecule has 4 rings (SSSR count). The van der Waals surface area contributed by atoms with Crippen LogP contribution in [0.3, 0.4) is 0 Å². The summed E-state index contributed by atoms with van der Waals surface area (Å²) >= 11 is 0. The molecule has 3 aromatic rings. The van der Waals surface area contributed by atoms with Gasteiger partial charge in [0.2, 0.25) is 0 Å². The Morgan fingerprint density at radius 2 is 2.21 bits per heavy atom. The van der Waals surface area contributed by atoms with Crippen LogP contribution >= 0.6 is 0 Å². The van der Waals surface area contributed by atoms with Crippen molar-refractivity contribution in [3.8, 4) is 5.75 Å². The van der Waals surface area contributed by atoms with Gasteiger partial charge in [0.1, 0.15) is 12.4 Å². The summed E-state index contributed by atoms with van der Waals surface area (Å²) in [5, 5.41) is 3.97. The molecule has 0 radical (unpaired) electrons. The predicted molar refractivity (Wildman–Crippen MR) is 102 cm³/mol. The molecule has 0 N–H and O–H groups in total. The van der Waals surface area contributed by atoms with E-state index < -0.39 is 0 Å². The molecule has 1 amide bonds. The van der Waals surface area contributed by atoms with Crippen molar-refractivity contribution in [2.24, 2.45) is 0 Å². The summed E-state index contributed by atoms with van der Waals surface area (Å²) in [7, 11) is 0. The largest absolute Gasteiger partial charge is 0.484 e. The second kappa shape index (κ2) is 8.21. The van der Waals surface area contributed by atoms with Gasteiger partial charge < -0.3 is 14.2 Å². The third-order valence-electron chi connectivity index (χ3n) is 4.88. The van der Waals surface area contributed by atoms with Crippen LogP contribution in [0.1, 0.15) is 52.8 Å². The molecule has 28 heavy (non-hydrogen) atoms. The number of aromatic nitrogens is 3. The fraction of sp³-hybridized carbons (Fsp3) is 0.333. The maximum atomic E-state index is 13.0. The molecule has 1 atom stereocenters. The molecular weight excluding hydrogens is 356 g/mol. The van der Waals surface area contributed by atoms with Crippen LogP contribution in [0.2, 0.25) is 0 Å². The maximum Gasteiger partial charge on any atom is 0.276 e. The van der Waals surface area contributed by atoms with Gasteiger partial charge in [0.15, 0.2) is 11.5 Å². The van der Waals surface area contributed by atoms with E-state index in [1.807, 2.05) is 42.3 Å². The van der Waals surface area contributed by atoms with Crippen LogP contribution in [0.25, 0.3) is 0 Å². The smallest absolute Gasteiger partial charge is 0.276 e. The molecule has 0 spiro atoms. The number of rotatable bonds is 5. The topological polar surface area (TPSA) is 81.4 Å². The van der Waals surface area contributed by atoms with E-state index in [2.05, 4.69) is 15.1 Å². The molecule has 1 aliphatic rings. The van der Waals surface area contributed by atoms with Crippen LogP contribution in [0.15, 0.2) is 53.4 Å². The van der Waals surface area contributed by atoms with Crippen molar-refractivity contribution < 1.29 is 14.1 Å². The second-order valence-corrected chi connectivity index (χ2v) is 6.90. The summed E-state index contributed by atoms with van der Waals surface area (Å²) in [5.41, 5.74) is 2.27. The van der Waals surface area contributed by atoms with Gasteiger partial charge in [-0.1, -0.05) is 11.2 Å². The molecule has 1 aliphatic heterocycles. The van der Waals surface area contributed by atoms with Crippen LogP contribution in [-0.4, -0.2) is 32.5 Å². The van der Waals surface area contributed by atoms with Gasteiger partial charge in [-0.3, -0.25) is 14.8 Å². The highest BCUT2D eigenvalue weighted by atomic mass is 16.5. The molecule has 1 unspecified atom stereocenters. The molecule has 3 aromatic heterocycles. The van der Waals surface area contributed by atoms with E-state index in [-0.39, 0.29) is 18.6 Å². The van der Waals surface area contributed by atoms with E-state index in [4.69, 9.17) is 9.26 Å². The van der Waals surface area contributed by atoms with Crippen LogP contribution in [0.4, 0.5) is 0 Å². The maximum absolute atomic E-state index is 13.0. The van der Waals surface area contributed by atoms with Gasteiger partial charge >= 0.3 is 0 Å². The normalized spacial score (nSPS) is 16.8. The van der Waals surface area contributed by atoms with Crippen LogP contribution in [-0.2, 0) is 6.61 Å². The van der Waals surface area contributed by atoms with E-state index in [9.17, 15) is 4.79 Å². The van der Waals surface area contributed by atoms with Crippen molar-refractivity contribution in [1.29, 1.82) is 0 Å². The Balaban J connectivity index is 1.44. The van der Waals surface area contributed by atoms with Gasteiger partial charge in [0.25, 0.3) is 5.91 Å². The molecule has 4 heterocycles. The molecule has 1 fully saturated rings. The highest BCUT2D eigenvalue weighted by Gasteiger charge is 2.30. The molecule has 144 valence electrons. The van der Waals surface area contributed by atoms with Crippen molar-refractivity contribution in [3.05, 3.63) is 71.6 Å². The lowest BCUT2D eigenvalue weighted by molar-refractivity contribution is 0.0600. The molecule has 0 aromatic carbocycles. The molecule has 7 nitrogen and oxygen atoms in total. The average molecular weight is 378 g/mol. The lowest BCUT2D eigenvalue weighted by Gasteiger charge is -2.35. The van der Waals surface area contributed by atoms with Gasteiger partial charge in [0.05, 0.1) is 12.2 Å². The molecular formula is C21H22N4O3. The Morgan fingerprint density at radius 1 is 1.29 bits per heavy atom. The van der Waals surface area contributed by atoms with Crippen LogP contribution < -0.4 is 4.74 Å². The number of carbonyl (C=O) groups excluding carboxylic acids is 1. The summed E-state index contributed by atoms with van der Waals surface area (Å²) in [4.78, 5) is 23.3. The zero-order valence-electron chi connectivity index (χ0n) is 15.7. The molecule has 0 saturated carbocycles. The fourth-order valence-electron chi connectivity index (χ4n) is 3.42. The van der Waals surface area contributed by atoms with E-state index in [1.54, 1.807) is 18.5 Å². The van der Waals surface area contributed by atoms with Gasteiger partial charge in [-0.15, -0.1) is 0 Å². The van der Waals surface area contributed by atoms with E-state index in [0.29, 0.717) is 23.7 Å². The lowest BCUT2D eigenvalue weighted by Crippen LogP contribution is -2.38. The first-order valence-corrected chi connectivity index (χ1v) is 9.42. The summed E-state index contributed by atoms with van der Waals surface area (Å²) in [6.45, 7) is 2.81. The van der Waals surface area contributed by atoms with Crippen molar-refractivity contribution in [2.45, 2.75) is 38.8 Å². The minimum absolute atomic E-state index is 0.0185. The van der Waals surface area contributed by atoms with Crippen molar-refractivity contribution >= 4 is 5.91 Å². The number of likely N-dealkylation sites (tertiary alicyclic amines) is 1. The number of pyridine rings is 2. The van der Waals surface area contributed by atoms with Crippen molar-refractivity contribution in [3.63, 3.8) is 0 Å². The molecule has 0 bridgehead atoms. The van der Waals surface area contributed by atoms with Gasteiger partial charge in [-0.05, 0) is 49.9 Å². The zero-order valence-corrected chi connectivity index (χ0v) is 15.7. The minimum atomic E-state index is -0.124. The lowest BCUT2D eigenvalue weighted by atomic mass is 9.96. The Labute approximate surface area is 163 Å². The number of hydrogen-bond acceptors (Lipinski definition) is 6. The van der Waals surface area contributed by atoms with Gasteiger partial charge in [-0.2, -0.15) is 0 Å². The number of hydrogen-bond donors (Lipinski definition) is 0. The first kappa shape index (κ1) is 18.2. The summed E-state index contributed by atoms with van der Waals surface area (Å²) < 4.78 is 11.0. The molecule has 0 aliphatic carbocycles. The summed E-state index contributed by atoms with van der Waals surface area (Å²) in [5.74, 6) is 1.02. The minimum Gasteiger partial charge on any atom is -0.484 e. The SMILES string of the molecule is Cc1ccc(OCc2cc(C(=O)N3CCCCC3c3cccnc3)no2)cn1. The fourth-order valence-corrected chi connectivity index (χ4v) is 3.42. The Hall–Kier alpha value is -3.22. The number of nitrogens with zero attached hydrogens (tertiary/aromatic N) is 4. The Kier molecular flexibility index (Phi) is 5.32. The summed E-state index contributed by atoms with van der Waals surface area (Å²) in [6, 6.07) is 9.30.